The molecule has 0 saturated heterocycles. The summed E-state index contributed by atoms with van der Waals surface area (Å²) in [6.45, 7) is 0.622. The number of hydrogen-bond acceptors (Lipinski definition) is 4. The van der Waals surface area contributed by atoms with E-state index in [-0.39, 0.29) is 11.4 Å². The summed E-state index contributed by atoms with van der Waals surface area (Å²) in [6.07, 6.45) is 1.70. The minimum atomic E-state index is -3.76. The van der Waals surface area contributed by atoms with E-state index < -0.39 is 21.8 Å². The summed E-state index contributed by atoms with van der Waals surface area (Å²) in [6, 6.07) is 13.4. The van der Waals surface area contributed by atoms with E-state index in [1.807, 2.05) is 24.3 Å². The lowest BCUT2D eigenvalue weighted by Gasteiger charge is -2.28. The first-order chi connectivity index (χ1) is 12.4. The van der Waals surface area contributed by atoms with Crippen molar-refractivity contribution in [2.24, 2.45) is 5.14 Å². The van der Waals surface area contributed by atoms with Crippen LogP contribution < -0.4 is 15.4 Å². The van der Waals surface area contributed by atoms with Crippen LogP contribution in [0.2, 0.25) is 0 Å². The molecule has 0 atom stereocenters. The number of carbonyl (C=O) groups is 2. The van der Waals surface area contributed by atoms with E-state index in [0.717, 1.165) is 24.1 Å². The van der Waals surface area contributed by atoms with Gasteiger partial charge in [-0.05, 0) is 42.2 Å². The van der Waals surface area contributed by atoms with Gasteiger partial charge >= 0.3 is 11.8 Å². The van der Waals surface area contributed by atoms with E-state index in [0.29, 0.717) is 12.1 Å². The zero-order valence-corrected chi connectivity index (χ0v) is 14.8. The van der Waals surface area contributed by atoms with Crippen LogP contribution in [-0.2, 0) is 32.6 Å². The van der Waals surface area contributed by atoms with Gasteiger partial charge in [0.25, 0.3) is 0 Å². The third-order valence-corrected chi connectivity index (χ3v) is 5.18. The van der Waals surface area contributed by atoms with Crippen molar-refractivity contribution in [1.29, 1.82) is 0 Å². The van der Waals surface area contributed by atoms with Crippen molar-refractivity contribution in [2.45, 2.75) is 24.3 Å². The maximum absolute atomic E-state index is 12.5. The number of benzene rings is 2. The van der Waals surface area contributed by atoms with Crippen LogP contribution in [0, 0.1) is 0 Å². The van der Waals surface area contributed by atoms with Gasteiger partial charge in [0.1, 0.15) is 0 Å². The fourth-order valence-corrected chi connectivity index (χ4v) is 3.44. The number of anilines is 1. The number of rotatable bonds is 3. The average molecular weight is 373 g/mol. The van der Waals surface area contributed by atoms with Crippen LogP contribution >= 0.6 is 0 Å². The summed E-state index contributed by atoms with van der Waals surface area (Å²) in [5.74, 6) is -1.30. The number of sulfonamides is 1. The third kappa shape index (κ3) is 3.92. The highest BCUT2D eigenvalue weighted by Gasteiger charge is 2.26. The molecule has 136 valence electrons. The van der Waals surface area contributed by atoms with Gasteiger partial charge in [0.15, 0.2) is 0 Å². The van der Waals surface area contributed by atoms with Crippen molar-refractivity contribution in [1.82, 2.24) is 5.32 Å². The van der Waals surface area contributed by atoms with Gasteiger partial charge < -0.3 is 10.2 Å². The number of para-hydroxylation sites is 1. The Morgan fingerprint density at radius 1 is 1.08 bits per heavy atom. The van der Waals surface area contributed by atoms with Crippen LogP contribution in [0.15, 0.2) is 53.4 Å². The Morgan fingerprint density at radius 2 is 1.77 bits per heavy atom. The topological polar surface area (TPSA) is 110 Å². The molecule has 2 aromatic rings. The maximum Gasteiger partial charge on any atom is 0.316 e. The number of fused-ring (bicyclic) bond motifs is 1. The molecule has 1 aliphatic rings. The van der Waals surface area contributed by atoms with Crippen molar-refractivity contribution >= 4 is 27.5 Å². The molecule has 3 rings (SSSR count). The number of nitrogens with zero attached hydrogens (tertiary/aromatic N) is 1. The summed E-state index contributed by atoms with van der Waals surface area (Å²) >= 11 is 0. The first kappa shape index (κ1) is 18.1. The van der Waals surface area contributed by atoms with Gasteiger partial charge in [-0.15, -0.1) is 0 Å². The minimum absolute atomic E-state index is 0.00595. The zero-order chi connectivity index (χ0) is 18.7. The molecule has 0 bridgehead atoms. The molecular formula is C18H19N3O4S. The molecule has 8 heteroatoms. The highest BCUT2D eigenvalue weighted by Crippen LogP contribution is 2.26. The Kier molecular flexibility index (Phi) is 5.06. The van der Waals surface area contributed by atoms with Gasteiger partial charge in [0.2, 0.25) is 10.0 Å². The number of nitrogens with one attached hydrogen (secondary N) is 1. The van der Waals surface area contributed by atoms with E-state index in [4.69, 9.17) is 5.14 Å². The van der Waals surface area contributed by atoms with Gasteiger partial charge in [-0.1, -0.05) is 30.3 Å². The Morgan fingerprint density at radius 3 is 2.46 bits per heavy atom. The Hall–Kier alpha value is -2.71. The Labute approximate surface area is 151 Å². The first-order valence-electron chi connectivity index (χ1n) is 8.15. The van der Waals surface area contributed by atoms with Crippen LogP contribution in [0.3, 0.4) is 0 Å². The van der Waals surface area contributed by atoms with Crippen molar-refractivity contribution in [3.05, 3.63) is 59.7 Å². The molecule has 26 heavy (non-hydrogen) atoms. The lowest BCUT2D eigenvalue weighted by atomic mass is 10.0. The standard InChI is InChI=1S/C18H19N3O4S/c19-26(24,25)15-9-7-13(8-10-15)12-20-17(22)18(23)21-11-3-5-14-4-1-2-6-16(14)21/h1-2,4,6-10H,3,5,11-12H2,(H,20,22)(H2,19,24,25). The summed E-state index contributed by atoms with van der Waals surface area (Å²) in [4.78, 5) is 26.2. The predicted molar refractivity (Wildman–Crippen MR) is 96.8 cm³/mol. The number of hydrogen-bond donors (Lipinski definition) is 2. The summed E-state index contributed by atoms with van der Waals surface area (Å²) < 4.78 is 22.5. The van der Waals surface area contributed by atoms with E-state index in [1.165, 1.54) is 17.0 Å². The second-order valence-corrected chi connectivity index (χ2v) is 7.62. The van der Waals surface area contributed by atoms with Gasteiger partial charge in [0.05, 0.1) is 4.90 Å². The molecule has 2 aromatic carbocycles. The molecule has 0 fully saturated rings. The first-order valence-corrected chi connectivity index (χ1v) is 9.70. The SMILES string of the molecule is NS(=O)(=O)c1ccc(CNC(=O)C(=O)N2CCCc3ccccc32)cc1. The summed E-state index contributed by atoms with van der Waals surface area (Å²) in [5.41, 5.74) is 2.49. The summed E-state index contributed by atoms with van der Waals surface area (Å²) in [7, 11) is -3.76. The van der Waals surface area contributed by atoms with Crippen LogP contribution in [0.25, 0.3) is 0 Å². The molecule has 3 N–H and O–H groups in total. The van der Waals surface area contributed by atoms with E-state index in [1.54, 1.807) is 12.1 Å². The second-order valence-electron chi connectivity index (χ2n) is 6.06. The largest absolute Gasteiger partial charge is 0.344 e. The number of nitrogens with two attached hydrogens (primary N) is 1. The van der Waals surface area contributed by atoms with E-state index >= 15 is 0 Å². The lowest BCUT2D eigenvalue weighted by Crippen LogP contribution is -2.45. The van der Waals surface area contributed by atoms with Crippen molar-refractivity contribution < 1.29 is 18.0 Å². The van der Waals surface area contributed by atoms with Gasteiger partial charge in [-0.25, -0.2) is 13.6 Å². The van der Waals surface area contributed by atoms with Crippen molar-refractivity contribution in [3.63, 3.8) is 0 Å². The molecule has 0 aliphatic carbocycles. The molecule has 1 aliphatic heterocycles. The predicted octanol–water partition coefficient (Wildman–Crippen LogP) is 0.930. The van der Waals surface area contributed by atoms with Crippen LogP contribution in [0.5, 0.6) is 0 Å². The molecule has 0 aromatic heterocycles. The number of carbonyl (C=O) groups excluding carboxylic acids is 2. The van der Waals surface area contributed by atoms with E-state index in [2.05, 4.69) is 5.32 Å². The molecule has 7 nitrogen and oxygen atoms in total. The lowest BCUT2D eigenvalue weighted by molar-refractivity contribution is -0.137. The average Bonchev–Trinajstić information content (AvgIpc) is 2.64. The van der Waals surface area contributed by atoms with Crippen LogP contribution in [0.1, 0.15) is 17.5 Å². The number of primary sulfonamides is 1. The normalized spacial score (nSPS) is 13.8. The van der Waals surface area contributed by atoms with Crippen LogP contribution in [0.4, 0.5) is 5.69 Å². The fraction of sp³-hybridized carbons (Fsp3) is 0.222. The molecule has 2 amide bonds. The van der Waals surface area contributed by atoms with Crippen molar-refractivity contribution in [3.8, 4) is 0 Å². The Balaban J connectivity index is 1.65. The monoisotopic (exact) mass is 373 g/mol. The van der Waals surface area contributed by atoms with Gasteiger partial charge in [-0.3, -0.25) is 9.59 Å². The van der Waals surface area contributed by atoms with Gasteiger partial charge in [-0.2, -0.15) is 0 Å². The van der Waals surface area contributed by atoms with Gasteiger partial charge in [0, 0.05) is 18.8 Å². The van der Waals surface area contributed by atoms with E-state index in [9.17, 15) is 18.0 Å². The zero-order valence-electron chi connectivity index (χ0n) is 14.0. The Bertz CT molecular complexity index is 939. The highest BCUT2D eigenvalue weighted by molar-refractivity contribution is 7.89. The highest BCUT2D eigenvalue weighted by atomic mass is 32.2. The minimum Gasteiger partial charge on any atom is -0.344 e. The fourth-order valence-electron chi connectivity index (χ4n) is 2.92. The molecule has 0 unspecified atom stereocenters. The second kappa shape index (κ2) is 7.27. The quantitative estimate of drug-likeness (QED) is 0.780. The third-order valence-electron chi connectivity index (χ3n) is 4.25. The molecule has 1 heterocycles. The summed E-state index contributed by atoms with van der Waals surface area (Å²) in [5, 5.41) is 7.62. The molecule has 0 radical (unpaired) electrons. The maximum atomic E-state index is 12.5. The van der Waals surface area contributed by atoms with Crippen LogP contribution in [-0.4, -0.2) is 26.8 Å². The smallest absolute Gasteiger partial charge is 0.316 e. The molecular weight excluding hydrogens is 354 g/mol. The molecule has 0 saturated carbocycles. The molecule has 0 spiro atoms. The number of aryl methyl sites for hydroxylation is 1. The number of amides is 2. The van der Waals surface area contributed by atoms with Crippen molar-refractivity contribution in [2.75, 3.05) is 11.4 Å².